The molecule has 0 aromatic heterocycles. The molecule has 11 aliphatic rings. The molecule has 11 aliphatic heterocycles. The molecule has 7 aromatic carbocycles. The smallest absolute Gasteiger partial charge is 0.200 e. The summed E-state index contributed by atoms with van der Waals surface area (Å²) in [6.07, 6.45) is 11.5. The highest BCUT2D eigenvalue weighted by Crippen LogP contribution is 2.55. The number of hydrogen-bond donors (Lipinski definition) is 1. The summed E-state index contributed by atoms with van der Waals surface area (Å²) in [5.74, 6) is -0.461. The van der Waals surface area contributed by atoms with Crippen molar-refractivity contribution in [2.75, 3.05) is 19.8 Å². The SMILES string of the molecule is CC(C)[Si](O[C@@H]1C[C@@H]2O[C@@H]3C[C@@H]4O[C@@H]5[C@@H](C)[C@H](C)[C@@]6(CCCO6)O[C@H]5[C@@H](OCc5ccc6ccccc6c5)[C@H](C)[C@H]4O[C@H]3C[C@@H](C)C[C@H]2O[C@@]1(C)[C@@H](CC(O[C@H]1/C=C\C[C@H]2O[C@H]3C[C@H]4O[C@H]5CC=CCO[C@@H]5[C@@H](OCc5ccc6ccccc6c5)[C@@H]4O[C@@H]3C=C[C@@H]2O[C@@H]1CCO)Sc1ccccc1)OCc1ccc2ccccc2c1)(C(C)C)C(C)C. The lowest BCUT2D eigenvalue weighted by molar-refractivity contribution is -0.342. The Morgan fingerprint density at radius 3 is 1.72 bits per heavy atom. The van der Waals surface area contributed by atoms with Crippen LogP contribution in [0.4, 0.5) is 0 Å². The first kappa shape index (κ1) is 86.2. The lowest BCUT2D eigenvalue weighted by Crippen LogP contribution is -2.67. The summed E-state index contributed by atoms with van der Waals surface area (Å²) in [5, 5.41) is 18.3. The van der Waals surface area contributed by atoms with Crippen molar-refractivity contribution < 1.29 is 80.6 Å². The summed E-state index contributed by atoms with van der Waals surface area (Å²) in [7, 11) is -2.75. The topological polar surface area (TPSA) is 168 Å². The number of hydrogen-bond acceptors (Lipinski definition) is 18. The standard InChI is InChI=1S/C102H130O17SSi/c1-61(2)121(62(3)4,63(5)6)119-92-56-87-88(50-64(7)49-84-86(112-87)55-89-94(115-84)66(9)95(106-59-69-37-40-72-26-16-19-29-75(72)52-69)100-96(116-89)65(8)67(10)102(118-100)45-24-48-108-102)117-101(92,11)91(105-58-68-36-39-71-25-15-18-28-74(71)51-68)57-93(120-77-31-13-12-14-32-77)113-79-35-23-34-78-80(109-82(79)44-46-103)42-43-81-85(110-78)54-90-98(114-81)99(97-83(111-90)33-21-22-47-104-97)107-60-70-38-41-73-27-17-20-30-76(73)53-70/h12-23,25-32,35-43,51-53,61-67,78-100,103H,24,33-34,44-50,54-60H2,1-11H3/b35-23-/t64-,65+,66-,67+,78-,79+,80+,81-,82-,83+,84+,85+,86-,87+,88-,89+,90-,91-,92-,93?,94-,95+,96-,97+,98-,99-,100+,101+,102-/m1/s1. The number of fused-ring (bicyclic) bond motifs is 11. The number of ether oxygens (including phenoxy) is 15. The van der Waals surface area contributed by atoms with E-state index in [0.29, 0.717) is 78.0 Å². The Morgan fingerprint density at radius 2 is 1.07 bits per heavy atom. The summed E-state index contributed by atoms with van der Waals surface area (Å²) in [6, 6.07) is 55.9. The van der Waals surface area contributed by atoms with E-state index in [-0.39, 0.29) is 126 Å². The van der Waals surface area contributed by atoms with Gasteiger partial charge in [-0.1, -0.05) is 245 Å². The molecule has 17 nitrogen and oxygen atoms in total. The van der Waals surface area contributed by atoms with E-state index in [1.54, 1.807) is 11.8 Å². The van der Waals surface area contributed by atoms with Crippen molar-refractivity contribution in [1.82, 2.24) is 0 Å². The first-order chi connectivity index (χ1) is 58.8. The maximum atomic E-state index is 11.2. The molecule has 11 heterocycles. The number of aliphatic hydroxyl groups excluding tert-OH is 1. The van der Waals surface area contributed by atoms with E-state index in [9.17, 15) is 5.11 Å². The van der Waals surface area contributed by atoms with Gasteiger partial charge < -0.3 is 80.6 Å². The first-order valence-corrected chi connectivity index (χ1v) is 48.9. The van der Waals surface area contributed by atoms with Crippen LogP contribution in [0.3, 0.4) is 0 Å². The van der Waals surface area contributed by atoms with Gasteiger partial charge in [-0.25, -0.2) is 0 Å². The quantitative estimate of drug-likeness (QED) is 0.0278. The predicted octanol–water partition coefficient (Wildman–Crippen LogP) is 19.8. The van der Waals surface area contributed by atoms with Gasteiger partial charge in [0, 0.05) is 55.4 Å². The van der Waals surface area contributed by atoms with Crippen molar-refractivity contribution in [2.24, 2.45) is 23.7 Å². The molecule has 29 atom stereocenters. The highest BCUT2D eigenvalue weighted by Gasteiger charge is 2.63. The molecule has 1 N–H and O–H groups in total. The number of benzene rings is 7. The third kappa shape index (κ3) is 18.0. The van der Waals surface area contributed by atoms with E-state index < -0.39 is 80.1 Å². The summed E-state index contributed by atoms with van der Waals surface area (Å²) in [5.41, 5.74) is 2.40. The molecule has 0 aliphatic carbocycles. The molecule has 1 spiro atoms. The van der Waals surface area contributed by atoms with Gasteiger partial charge >= 0.3 is 0 Å². The maximum Gasteiger partial charge on any atom is 0.200 e. The van der Waals surface area contributed by atoms with Crippen LogP contribution in [0.15, 0.2) is 199 Å². The molecule has 0 amide bonds. The van der Waals surface area contributed by atoms with E-state index in [4.69, 9.17) is 75.5 Å². The number of thioether (sulfide) groups is 1. The number of aliphatic hydroxyl groups is 1. The third-order valence-corrected chi connectivity index (χ3v) is 36.7. The van der Waals surface area contributed by atoms with Crippen LogP contribution in [0.2, 0.25) is 16.6 Å². The van der Waals surface area contributed by atoms with Gasteiger partial charge in [-0.15, -0.1) is 0 Å². The van der Waals surface area contributed by atoms with Crippen LogP contribution in [0, 0.1) is 23.7 Å². The van der Waals surface area contributed by atoms with E-state index in [2.05, 4.69) is 270 Å². The van der Waals surface area contributed by atoms with E-state index in [1.165, 1.54) is 26.9 Å². The van der Waals surface area contributed by atoms with Crippen molar-refractivity contribution in [3.05, 3.63) is 211 Å². The Kier molecular flexibility index (Phi) is 26.6. The van der Waals surface area contributed by atoms with Crippen LogP contribution in [0.5, 0.6) is 0 Å². The van der Waals surface area contributed by atoms with E-state index in [0.717, 1.165) is 52.7 Å². The molecule has 7 aromatic rings. The summed E-state index contributed by atoms with van der Waals surface area (Å²) in [4.78, 5) is 1.04. The zero-order valence-corrected chi connectivity index (χ0v) is 74.5. The van der Waals surface area contributed by atoms with Crippen molar-refractivity contribution in [2.45, 2.75) is 339 Å². The van der Waals surface area contributed by atoms with E-state index >= 15 is 0 Å². The minimum Gasteiger partial charge on any atom is -0.410 e. The van der Waals surface area contributed by atoms with Crippen LogP contribution in [-0.4, -0.2) is 184 Å². The molecule has 1 unspecified atom stereocenters. The molecular formula is C102H130O17SSi. The lowest BCUT2D eigenvalue weighted by atomic mass is 9.76. The van der Waals surface area contributed by atoms with Gasteiger partial charge in [-0.3, -0.25) is 0 Å². The normalized spacial score (nSPS) is 37.6. The molecule has 18 rings (SSSR count). The molecule has 8 saturated heterocycles. The molecule has 650 valence electrons. The second kappa shape index (κ2) is 37.4. The zero-order chi connectivity index (χ0) is 83.3. The van der Waals surface area contributed by atoms with Crippen LogP contribution >= 0.6 is 11.8 Å². The Hall–Kier alpha value is -5.57. The van der Waals surface area contributed by atoms with Gasteiger partial charge in [0.1, 0.15) is 53.8 Å². The van der Waals surface area contributed by atoms with Crippen LogP contribution in [0.1, 0.15) is 163 Å². The summed E-state index contributed by atoms with van der Waals surface area (Å²) in [6.45, 7) is 28.0. The minimum atomic E-state index is -2.75. The maximum absolute atomic E-state index is 11.2. The monoisotopic (exact) mass is 1690 g/mol. The lowest BCUT2D eigenvalue weighted by Gasteiger charge is -2.57. The molecule has 0 bridgehead atoms. The van der Waals surface area contributed by atoms with Crippen LogP contribution in [0.25, 0.3) is 32.3 Å². The highest BCUT2D eigenvalue weighted by atomic mass is 32.2. The molecule has 19 heteroatoms. The Bertz CT molecular complexity index is 4690. The molecular weight excluding hydrogens is 1560 g/mol. The van der Waals surface area contributed by atoms with E-state index in [1.807, 2.05) is 0 Å². The van der Waals surface area contributed by atoms with Crippen molar-refractivity contribution >= 4 is 52.4 Å². The first-order valence-electron chi connectivity index (χ1n) is 45.9. The highest BCUT2D eigenvalue weighted by molar-refractivity contribution is 7.99. The largest absolute Gasteiger partial charge is 0.410 e. The molecule has 8 fully saturated rings. The van der Waals surface area contributed by atoms with Crippen molar-refractivity contribution in [1.29, 1.82) is 0 Å². The average molecular weight is 1690 g/mol. The number of rotatable bonds is 23. The van der Waals surface area contributed by atoms with Gasteiger partial charge in [0.2, 0.25) is 8.32 Å². The summed E-state index contributed by atoms with van der Waals surface area (Å²) < 4.78 is 120. The fraction of sp³-hybridized carbons (Fsp3) is 0.588. The zero-order valence-electron chi connectivity index (χ0n) is 72.7. The molecule has 0 radical (unpaired) electrons. The van der Waals surface area contributed by atoms with Crippen LogP contribution in [-0.2, 0) is 95.3 Å². The fourth-order valence-electron chi connectivity index (χ4n) is 23.0. The van der Waals surface area contributed by atoms with Crippen LogP contribution < -0.4 is 0 Å². The average Bonchev–Trinajstić information content (AvgIpc) is 1.72. The third-order valence-electron chi connectivity index (χ3n) is 29.5. The van der Waals surface area contributed by atoms with Gasteiger partial charge in [0.15, 0.2) is 5.79 Å². The Balaban J connectivity index is 0.646. The second-order valence-electron chi connectivity index (χ2n) is 38.2. The summed E-state index contributed by atoms with van der Waals surface area (Å²) >= 11 is 1.68. The molecule has 0 saturated carbocycles. The Morgan fingerprint density at radius 1 is 0.496 bits per heavy atom. The van der Waals surface area contributed by atoms with Crippen molar-refractivity contribution in [3.63, 3.8) is 0 Å². The Labute approximate surface area is 722 Å². The van der Waals surface area contributed by atoms with Gasteiger partial charge in [0.05, 0.1) is 125 Å². The second-order valence-corrected chi connectivity index (χ2v) is 44.8. The van der Waals surface area contributed by atoms with Crippen molar-refractivity contribution in [3.8, 4) is 0 Å². The van der Waals surface area contributed by atoms with Gasteiger partial charge in [0.25, 0.3) is 0 Å². The van der Waals surface area contributed by atoms with Gasteiger partial charge in [-0.2, -0.15) is 0 Å². The minimum absolute atomic E-state index is 0.0829. The predicted molar refractivity (Wildman–Crippen MR) is 474 cm³/mol. The van der Waals surface area contributed by atoms with Gasteiger partial charge in [-0.05, 0) is 153 Å². The molecule has 121 heavy (non-hydrogen) atoms. The fourth-order valence-corrected chi connectivity index (χ4v) is 29.8.